The number of para-hydroxylation sites is 2. The van der Waals surface area contributed by atoms with Crippen LogP contribution in [0.3, 0.4) is 0 Å². The van der Waals surface area contributed by atoms with Gasteiger partial charge in [-0.25, -0.2) is 4.98 Å². The summed E-state index contributed by atoms with van der Waals surface area (Å²) in [6, 6.07) is 7.31. The Balaban J connectivity index is 2.11. The summed E-state index contributed by atoms with van der Waals surface area (Å²) in [4.78, 5) is 18.3. The molecule has 0 fully saturated rings. The molecule has 0 radical (unpaired) electrons. The van der Waals surface area contributed by atoms with Crippen molar-refractivity contribution in [3.63, 3.8) is 0 Å². The Morgan fingerprint density at radius 3 is 2.90 bits per heavy atom. The third kappa shape index (κ3) is 3.40. The number of nitrogens with zero attached hydrogens (tertiary/aromatic N) is 3. The largest absolute Gasteiger partial charge is 0.389 e. The average molecular weight is 291 g/mol. The third-order valence-corrected chi connectivity index (χ3v) is 3.48. The number of aliphatic hydroxyl groups is 1. The maximum atomic E-state index is 12.5. The number of ether oxygens (including phenoxy) is 1. The van der Waals surface area contributed by atoms with E-state index in [1.165, 1.54) is 12.0 Å². The van der Waals surface area contributed by atoms with Crippen molar-refractivity contribution in [2.75, 3.05) is 27.3 Å². The van der Waals surface area contributed by atoms with E-state index in [0.717, 1.165) is 11.0 Å². The number of hydrogen-bond donors (Lipinski definition) is 1. The fraction of sp³-hybridized carbons (Fsp3) is 0.467. The lowest BCUT2D eigenvalue weighted by atomic mass is 10.2. The second kappa shape index (κ2) is 6.69. The SMILES string of the molecule is COCC(O)CN(C)C(=O)C(C)n1cnc2ccccc21. The number of methoxy groups -OCH3 is 1. The molecule has 1 aromatic heterocycles. The molecular weight excluding hydrogens is 270 g/mol. The first-order valence-corrected chi connectivity index (χ1v) is 6.88. The smallest absolute Gasteiger partial charge is 0.245 e. The van der Waals surface area contributed by atoms with Crippen molar-refractivity contribution in [2.45, 2.75) is 19.1 Å². The fourth-order valence-corrected chi connectivity index (χ4v) is 2.38. The van der Waals surface area contributed by atoms with Gasteiger partial charge in [-0.2, -0.15) is 0 Å². The van der Waals surface area contributed by atoms with Gasteiger partial charge in [-0.3, -0.25) is 4.79 Å². The number of carbonyl (C=O) groups is 1. The first-order chi connectivity index (χ1) is 10.0. The summed E-state index contributed by atoms with van der Waals surface area (Å²) in [7, 11) is 3.20. The van der Waals surface area contributed by atoms with Crippen LogP contribution in [0.25, 0.3) is 11.0 Å². The Morgan fingerprint density at radius 2 is 2.19 bits per heavy atom. The Labute approximate surface area is 124 Å². The molecule has 0 saturated carbocycles. The van der Waals surface area contributed by atoms with Gasteiger partial charge in [0.1, 0.15) is 6.04 Å². The maximum absolute atomic E-state index is 12.5. The lowest BCUT2D eigenvalue weighted by Crippen LogP contribution is -2.39. The molecule has 6 nitrogen and oxygen atoms in total. The number of fused-ring (bicyclic) bond motifs is 1. The molecule has 2 atom stereocenters. The van der Waals surface area contributed by atoms with E-state index in [4.69, 9.17) is 4.74 Å². The maximum Gasteiger partial charge on any atom is 0.245 e. The predicted molar refractivity (Wildman–Crippen MR) is 80.0 cm³/mol. The van der Waals surface area contributed by atoms with Crippen LogP contribution in [0, 0.1) is 0 Å². The van der Waals surface area contributed by atoms with Gasteiger partial charge in [0.05, 0.1) is 30.1 Å². The fourth-order valence-electron chi connectivity index (χ4n) is 2.38. The Kier molecular flexibility index (Phi) is 4.93. The Hall–Kier alpha value is -1.92. The number of hydrogen-bond acceptors (Lipinski definition) is 4. The molecule has 0 aliphatic carbocycles. The summed E-state index contributed by atoms with van der Waals surface area (Å²) in [5.41, 5.74) is 1.78. The standard InChI is InChI=1S/C15H21N3O3/c1-11(15(20)17(2)8-12(19)9-21-3)18-10-16-13-6-4-5-7-14(13)18/h4-7,10-12,19H,8-9H2,1-3H3. The quantitative estimate of drug-likeness (QED) is 0.864. The van der Waals surface area contributed by atoms with Gasteiger partial charge >= 0.3 is 0 Å². The zero-order valence-corrected chi connectivity index (χ0v) is 12.6. The average Bonchev–Trinajstić information content (AvgIpc) is 2.89. The Bertz CT molecular complexity index is 611. The van der Waals surface area contributed by atoms with Crippen LogP contribution < -0.4 is 0 Å². The highest BCUT2D eigenvalue weighted by atomic mass is 16.5. The third-order valence-electron chi connectivity index (χ3n) is 3.48. The van der Waals surface area contributed by atoms with Crippen molar-refractivity contribution in [3.05, 3.63) is 30.6 Å². The summed E-state index contributed by atoms with van der Waals surface area (Å²) >= 11 is 0. The van der Waals surface area contributed by atoms with Gasteiger partial charge < -0.3 is 19.3 Å². The van der Waals surface area contributed by atoms with Crippen molar-refractivity contribution in [1.29, 1.82) is 0 Å². The molecule has 0 saturated heterocycles. The second-order valence-corrected chi connectivity index (χ2v) is 5.14. The van der Waals surface area contributed by atoms with E-state index < -0.39 is 6.10 Å². The highest BCUT2D eigenvalue weighted by molar-refractivity contribution is 5.83. The minimum Gasteiger partial charge on any atom is -0.389 e. The number of aliphatic hydroxyl groups excluding tert-OH is 1. The number of aromatic nitrogens is 2. The number of carbonyl (C=O) groups excluding carboxylic acids is 1. The molecule has 0 spiro atoms. The van der Waals surface area contributed by atoms with Gasteiger partial charge in [-0.1, -0.05) is 12.1 Å². The van der Waals surface area contributed by atoms with Crippen LogP contribution in [0.15, 0.2) is 30.6 Å². The summed E-state index contributed by atoms with van der Waals surface area (Å²) in [5, 5.41) is 9.71. The molecule has 1 N–H and O–H groups in total. The molecule has 0 aliphatic rings. The molecule has 0 bridgehead atoms. The minimum absolute atomic E-state index is 0.0756. The molecule has 1 heterocycles. The molecule has 1 aromatic carbocycles. The lowest BCUT2D eigenvalue weighted by Gasteiger charge is -2.24. The van der Waals surface area contributed by atoms with Gasteiger partial charge in [-0.15, -0.1) is 0 Å². The zero-order valence-electron chi connectivity index (χ0n) is 12.6. The minimum atomic E-state index is -0.685. The van der Waals surface area contributed by atoms with Gasteiger partial charge in [0.25, 0.3) is 0 Å². The molecule has 2 aromatic rings. The van der Waals surface area contributed by atoms with Crippen LogP contribution in [-0.2, 0) is 9.53 Å². The monoisotopic (exact) mass is 291 g/mol. The van der Waals surface area contributed by atoms with Gasteiger partial charge in [0.15, 0.2) is 0 Å². The van der Waals surface area contributed by atoms with Crippen molar-refractivity contribution >= 4 is 16.9 Å². The summed E-state index contributed by atoms with van der Waals surface area (Å²) < 4.78 is 6.72. The number of imidazole rings is 1. The van der Waals surface area contributed by atoms with E-state index >= 15 is 0 Å². The number of likely N-dealkylation sites (N-methyl/N-ethyl adjacent to an activating group) is 1. The van der Waals surface area contributed by atoms with E-state index in [9.17, 15) is 9.90 Å². The summed E-state index contributed by atoms with van der Waals surface area (Å²) in [6.07, 6.45) is 0.989. The molecule has 6 heteroatoms. The predicted octanol–water partition coefficient (Wildman–Crippen LogP) is 1.06. The first-order valence-electron chi connectivity index (χ1n) is 6.88. The van der Waals surface area contributed by atoms with Crippen molar-refractivity contribution < 1.29 is 14.6 Å². The molecule has 2 rings (SSSR count). The van der Waals surface area contributed by atoms with E-state index in [2.05, 4.69) is 4.98 Å². The van der Waals surface area contributed by atoms with Gasteiger partial charge in [-0.05, 0) is 19.1 Å². The van der Waals surface area contributed by atoms with E-state index in [0.29, 0.717) is 0 Å². The van der Waals surface area contributed by atoms with Crippen molar-refractivity contribution in [1.82, 2.24) is 14.5 Å². The molecule has 21 heavy (non-hydrogen) atoms. The highest BCUT2D eigenvalue weighted by Gasteiger charge is 2.22. The molecule has 114 valence electrons. The Morgan fingerprint density at radius 1 is 1.48 bits per heavy atom. The molecule has 1 amide bonds. The second-order valence-electron chi connectivity index (χ2n) is 5.14. The van der Waals surface area contributed by atoms with Crippen LogP contribution in [0.4, 0.5) is 0 Å². The highest BCUT2D eigenvalue weighted by Crippen LogP contribution is 2.18. The van der Waals surface area contributed by atoms with E-state index in [-0.39, 0.29) is 25.1 Å². The number of rotatable bonds is 6. The van der Waals surface area contributed by atoms with Crippen LogP contribution in [0.5, 0.6) is 0 Å². The number of amides is 1. The first kappa shape index (κ1) is 15.5. The van der Waals surface area contributed by atoms with Crippen LogP contribution in [0.1, 0.15) is 13.0 Å². The van der Waals surface area contributed by atoms with E-state index in [1.54, 1.807) is 13.4 Å². The van der Waals surface area contributed by atoms with Gasteiger partial charge in [0, 0.05) is 20.7 Å². The molecular formula is C15H21N3O3. The number of benzene rings is 1. The van der Waals surface area contributed by atoms with E-state index in [1.807, 2.05) is 35.8 Å². The zero-order chi connectivity index (χ0) is 15.4. The molecule has 2 unspecified atom stereocenters. The van der Waals surface area contributed by atoms with Crippen LogP contribution in [-0.4, -0.2) is 58.9 Å². The van der Waals surface area contributed by atoms with Crippen molar-refractivity contribution in [2.24, 2.45) is 0 Å². The van der Waals surface area contributed by atoms with Crippen LogP contribution in [0.2, 0.25) is 0 Å². The van der Waals surface area contributed by atoms with Crippen LogP contribution >= 0.6 is 0 Å². The van der Waals surface area contributed by atoms with Gasteiger partial charge in [0.2, 0.25) is 5.91 Å². The summed E-state index contributed by atoms with van der Waals surface area (Å²) in [5.74, 6) is -0.0756. The normalized spacial score (nSPS) is 14.1. The summed E-state index contributed by atoms with van der Waals surface area (Å²) in [6.45, 7) is 2.28. The lowest BCUT2D eigenvalue weighted by molar-refractivity contribution is -0.134. The van der Waals surface area contributed by atoms with Crippen molar-refractivity contribution in [3.8, 4) is 0 Å². The molecule has 0 aliphatic heterocycles. The topological polar surface area (TPSA) is 67.6 Å².